The van der Waals surface area contributed by atoms with Crippen LogP contribution < -0.4 is 5.32 Å². The van der Waals surface area contributed by atoms with Gasteiger partial charge >= 0.3 is 5.97 Å². The second-order valence-electron chi connectivity index (χ2n) is 5.97. The number of hydrogen-bond acceptors (Lipinski definition) is 3. The Morgan fingerprint density at radius 2 is 1.88 bits per heavy atom. The van der Waals surface area contributed by atoms with Crippen LogP contribution in [0.2, 0.25) is 5.15 Å². The van der Waals surface area contributed by atoms with Crippen LogP contribution in [-0.2, 0) is 10.2 Å². The van der Waals surface area contributed by atoms with Gasteiger partial charge in [0, 0.05) is 12.7 Å². The fourth-order valence-corrected chi connectivity index (χ4v) is 3.29. The number of benzene rings is 1. The minimum Gasteiger partial charge on any atom is -0.481 e. The Hall–Kier alpha value is -2.86. The summed E-state index contributed by atoms with van der Waals surface area (Å²) in [6.45, 7) is 1.73. The fraction of sp³-hybridized carbons (Fsp3) is 0.211. The molecule has 1 unspecified atom stereocenters. The molecule has 2 N–H and O–H groups in total. The highest BCUT2D eigenvalue weighted by Crippen LogP contribution is 2.28. The third-order valence-corrected chi connectivity index (χ3v) is 4.86. The second-order valence-corrected chi connectivity index (χ2v) is 6.33. The number of aliphatic carboxylic acids is 1. The standard InChI is InChI=1S/C19H18ClN3O3/c1-2-19(18(25)26,13-8-4-3-5-9-13)12-21-17(24)15-16(20)22-14-10-6-7-11-23(14)15/h3-11H,2,12H2,1H3,(H,21,24)(H,25,26). The number of imidazole rings is 1. The van der Waals surface area contributed by atoms with Crippen molar-refractivity contribution in [1.29, 1.82) is 0 Å². The maximum atomic E-state index is 12.7. The van der Waals surface area contributed by atoms with Gasteiger partial charge < -0.3 is 10.4 Å². The maximum absolute atomic E-state index is 12.7. The smallest absolute Gasteiger partial charge is 0.315 e. The summed E-state index contributed by atoms with van der Waals surface area (Å²) in [5.74, 6) is -1.46. The molecule has 7 heteroatoms. The number of carbonyl (C=O) groups excluding carboxylic acids is 1. The summed E-state index contributed by atoms with van der Waals surface area (Å²) in [6, 6.07) is 14.2. The minimum atomic E-state index is -1.22. The van der Waals surface area contributed by atoms with Crippen molar-refractivity contribution < 1.29 is 14.7 Å². The highest BCUT2D eigenvalue weighted by Gasteiger charge is 2.39. The summed E-state index contributed by atoms with van der Waals surface area (Å²) in [4.78, 5) is 28.9. The van der Waals surface area contributed by atoms with E-state index < -0.39 is 17.3 Å². The van der Waals surface area contributed by atoms with E-state index in [1.54, 1.807) is 60.0 Å². The van der Waals surface area contributed by atoms with Crippen molar-refractivity contribution in [2.24, 2.45) is 0 Å². The number of fused-ring (bicyclic) bond motifs is 1. The lowest BCUT2D eigenvalue weighted by Crippen LogP contribution is -2.46. The van der Waals surface area contributed by atoms with Crippen LogP contribution in [0.5, 0.6) is 0 Å². The van der Waals surface area contributed by atoms with Crippen LogP contribution >= 0.6 is 11.6 Å². The third-order valence-electron chi connectivity index (χ3n) is 4.59. The highest BCUT2D eigenvalue weighted by atomic mass is 35.5. The Morgan fingerprint density at radius 1 is 1.19 bits per heavy atom. The molecule has 0 bridgehead atoms. The number of nitrogens with zero attached hydrogens (tertiary/aromatic N) is 2. The molecule has 0 aliphatic carbocycles. The van der Waals surface area contributed by atoms with Crippen LogP contribution in [0, 0.1) is 0 Å². The van der Waals surface area contributed by atoms with Crippen LogP contribution in [-0.4, -0.2) is 32.9 Å². The first-order chi connectivity index (χ1) is 12.5. The Labute approximate surface area is 155 Å². The van der Waals surface area contributed by atoms with Crippen LogP contribution in [0.3, 0.4) is 0 Å². The van der Waals surface area contributed by atoms with Gasteiger partial charge in [-0.2, -0.15) is 0 Å². The molecular weight excluding hydrogens is 354 g/mol. The predicted octanol–water partition coefficient (Wildman–Crippen LogP) is 3.15. The topological polar surface area (TPSA) is 83.7 Å². The van der Waals surface area contributed by atoms with Gasteiger partial charge in [-0.15, -0.1) is 0 Å². The molecule has 0 saturated carbocycles. The van der Waals surface area contributed by atoms with Gasteiger partial charge in [-0.25, -0.2) is 4.98 Å². The number of nitrogens with one attached hydrogen (secondary N) is 1. The van der Waals surface area contributed by atoms with Crippen molar-refractivity contribution in [3.8, 4) is 0 Å². The van der Waals surface area contributed by atoms with Gasteiger partial charge in [0.15, 0.2) is 10.8 Å². The molecular formula is C19H18ClN3O3. The van der Waals surface area contributed by atoms with Crippen molar-refractivity contribution in [2.75, 3.05) is 6.54 Å². The number of carboxylic acids is 1. The molecule has 0 aliphatic rings. The van der Waals surface area contributed by atoms with Crippen LogP contribution in [0.15, 0.2) is 54.7 Å². The predicted molar refractivity (Wildman–Crippen MR) is 98.6 cm³/mol. The van der Waals surface area contributed by atoms with Crippen LogP contribution in [0.1, 0.15) is 29.4 Å². The molecule has 1 aromatic carbocycles. The largest absolute Gasteiger partial charge is 0.481 e. The third kappa shape index (κ3) is 3.04. The van der Waals surface area contributed by atoms with E-state index in [4.69, 9.17) is 11.6 Å². The van der Waals surface area contributed by atoms with Crippen molar-refractivity contribution in [3.05, 3.63) is 71.1 Å². The SMILES string of the molecule is CCC(CNC(=O)c1c(Cl)nc2ccccn12)(C(=O)O)c1ccccc1. The molecule has 3 rings (SSSR count). The molecule has 0 saturated heterocycles. The number of carbonyl (C=O) groups is 2. The Morgan fingerprint density at radius 3 is 2.54 bits per heavy atom. The zero-order chi connectivity index (χ0) is 18.7. The normalized spacial score (nSPS) is 13.3. The molecule has 2 heterocycles. The number of amides is 1. The van der Waals surface area contributed by atoms with E-state index in [1.807, 2.05) is 6.07 Å². The number of pyridine rings is 1. The molecule has 0 fully saturated rings. The molecule has 0 radical (unpaired) electrons. The van der Waals surface area contributed by atoms with Gasteiger partial charge in [-0.05, 0) is 24.1 Å². The summed E-state index contributed by atoms with van der Waals surface area (Å²) in [7, 11) is 0. The molecule has 0 aliphatic heterocycles. The average Bonchev–Trinajstić information content (AvgIpc) is 2.99. The molecule has 1 atom stereocenters. The zero-order valence-corrected chi connectivity index (χ0v) is 14.9. The highest BCUT2D eigenvalue weighted by molar-refractivity contribution is 6.32. The quantitative estimate of drug-likeness (QED) is 0.697. The average molecular weight is 372 g/mol. The van der Waals surface area contributed by atoms with Gasteiger partial charge in [-0.1, -0.05) is 54.9 Å². The molecule has 0 spiro atoms. The Balaban J connectivity index is 1.91. The van der Waals surface area contributed by atoms with E-state index in [2.05, 4.69) is 10.3 Å². The van der Waals surface area contributed by atoms with Crippen molar-refractivity contribution in [3.63, 3.8) is 0 Å². The molecule has 26 heavy (non-hydrogen) atoms. The number of hydrogen-bond donors (Lipinski definition) is 2. The van der Waals surface area contributed by atoms with E-state index in [0.29, 0.717) is 17.6 Å². The van der Waals surface area contributed by atoms with E-state index in [1.165, 1.54) is 0 Å². The van der Waals surface area contributed by atoms with Gasteiger partial charge in [0.25, 0.3) is 5.91 Å². The van der Waals surface area contributed by atoms with Crippen LogP contribution in [0.25, 0.3) is 5.65 Å². The second kappa shape index (κ2) is 7.17. The van der Waals surface area contributed by atoms with Gasteiger partial charge in [0.1, 0.15) is 11.1 Å². The summed E-state index contributed by atoms with van der Waals surface area (Å²) in [5, 5.41) is 12.7. The zero-order valence-electron chi connectivity index (χ0n) is 14.1. The number of carboxylic acid groups (broad SMARTS) is 1. The monoisotopic (exact) mass is 371 g/mol. The molecule has 2 aromatic heterocycles. The number of halogens is 1. The van der Waals surface area contributed by atoms with Crippen molar-refractivity contribution >= 4 is 29.1 Å². The van der Waals surface area contributed by atoms with Gasteiger partial charge in [-0.3, -0.25) is 14.0 Å². The molecule has 134 valence electrons. The van der Waals surface area contributed by atoms with Crippen LogP contribution in [0.4, 0.5) is 0 Å². The van der Waals surface area contributed by atoms with Gasteiger partial charge in [0.2, 0.25) is 0 Å². The van der Waals surface area contributed by atoms with Crippen molar-refractivity contribution in [1.82, 2.24) is 14.7 Å². The lowest BCUT2D eigenvalue weighted by Gasteiger charge is -2.29. The first-order valence-corrected chi connectivity index (χ1v) is 8.57. The Kier molecular flexibility index (Phi) is 4.95. The lowest BCUT2D eigenvalue weighted by molar-refractivity contribution is -0.143. The van der Waals surface area contributed by atoms with E-state index in [-0.39, 0.29) is 17.4 Å². The Bertz CT molecular complexity index is 955. The summed E-state index contributed by atoms with van der Waals surface area (Å²) < 4.78 is 1.58. The molecule has 1 amide bonds. The first-order valence-electron chi connectivity index (χ1n) is 8.19. The van der Waals surface area contributed by atoms with E-state index in [0.717, 1.165) is 0 Å². The van der Waals surface area contributed by atoms with Gasteiger partial charge in [0.05, 0.1) is 0 Å². The fourth-order valence-electron chi connectivity index (χ4n) is 3.02. The number of aromatic nitrogens is 2. The first kappa shape index (κ1) is 17.9. The number of rotatable bonds is 6. The van der Waals surface area contributed by atoms with E-state index >= 15 is 0 Å². The lowest BCUT2D eigenvalue weighted by atomic mass is 9.78. The molecule has 6 nitrogen and oxygen atoms in total. The summed E-state index contributed by atoms with van der Waals surface area (Å²) >= 11 is 6.12. The minimum absolute atomic E-state index is 0.0575. The van der Waals surface area contributed by atoms with Crippen molar-refractivity contribution in [2.45, 2.75) is 18.8 Å². The summed E-state index contributed by atoms with van der Waals surface area (Å²) in [6.07, 6.45) is 2.01. The maximum Gasteiger partial charge on any atom is 0.315 e. The molecule has 3 aromatic rings. The summed E-state index contributed by atoms with van der Waals surface area (Å²) in [5.41, 5.74) is 0.153. The van der Waals surface area contributed by atoms with E-state index in [9.17, 15) is 14.7 Å².